The number of rotatable bonds is 5. The Morgan fingerprint density at radius 3 is 2.15 bits per heavy atom. The molecule has 0 bridgehead atoms. The number of thiocarbonyl (C=S) groups is 1. The van der Waals surface area contributed by atoms with Gasteiger partial charge in [0.2, 0.25) is 5.91 Å². The zero-order valence-corrected chi connectivity index (χ0v) is 17.5. The van der Waals surface area contributed by atoms with Crippen molar-refractivity contribution >= 4 is 56.4 Å². The average Bonchev–Trinajstić information content (AvgIpc) is 2.57. The van der Waals surface area contributed by atoms with Crippen LogP contribution in [0.2, 0.25) is 0 Å². The van der Waals surface area contributed by atoms with Gasteiger partial charge in [0.15, 0.2) is 5.11 Å². The third-order valence-electron chi connectivity index (χ3n) is 3.25. The van der Waals surface area contributed by atoms with Gasteiger partial charge < -0.3 is 15.4 Å². The van der Waals surface area contributed by atoms with E-state index in [1.807, 2.05) is 13.8 Å². The van der Waals surface area contributed by atoms with E-state index in [1.165, 1.54) is 6.92 Å². The normalized spacial score (nSPS) is 10.3. The molecule has 27 heavy (non-hydrogen) atoms. The monoisotopic (exact) mass is 449 g/mol. The molecule has 2 rings (SSSR count). The van der Waals surface area contributed by atoms with Gasteiger partial charge in [0.05, 0.1) is 10.6 Å². The third-order valence-corrected chi connectivity index (χ3v) is 4.07. The molecule has 6 nitrogen and oxygen atoms in total. The molecule has 0 atom stereocenters. The molecule has 3 N–H and O–H groups in total. The summed E-state index contributed by atoms with van der Waals surface area (Å²) in [5.74, 6) is 0.190. The second kappa shape index (κ2) is 9.48. The number of benzene rings is 2. The van der Waals surface area contributed by atoms with Crippen LogP contribution in [0.15, 0.2) is 46.9 Å². The van der Waals surface area contributed by atoms with Gasteiger partial charge in [-0.15, -0.1) is 0 Å². The van der Waals surface area contributed by atoms with E-state index in [0.717, 1.165) is 0 Å². The van der Waals surface area contributed by atoms with Crippen LogP contribution < -0.4 is 20.7 Å². The number of carbonyl (C=O) groups is 2. The highest BCUT2D eigenvalue weighted by Gasteiger charge is 2.12. The Morgan fingerprint density at radius 1 is 1.04 bits per heavy atom. The molecule has 8 heteroatoms. The SMILES string of the molecule is CC(=O)Nc1ccc(NC(=S)NC(=O)c2ccc(OC(C)C)c(Br)c2)cc1. The molecule has 0 spiro atoms. The Bertz CT molecular complexity index is 854. The summed E-state index contributed by atoms with van der Waals surface area (Å²) in [4.78, 5) is 23.4. The first-order chi connectivity index (χ1) is 12.7. The third kappa shape index (κ3) is 6.65. The zero-order valence-electron chi connectivity index (χ0n) is 15.1. The smallest absolute Gasteiger partial charge is 0.257 e. The van der Waals surface area contributed by atoms with E-state index in [9.17, 15) is 9.59 Å². The lowest BCUT2D eigenvalue weighted by molar-refractivity contribution is -0.114. The van der Waals surface area contributed by atoms with Gasteiger partial charge in [-0.3, -0.25) is 14.9 Å². The summed E-state index contributed by atoms with van der Waals surface area (Å²) in [5.41, 5.74) is 1.82. The fourth-order valence-electron chi connectivity index (χ4n) is 2.17. The van der Waals surface area contributed by atoms with Crippen LogP contribution in [0.4, 0.5) is 11.4 Å². The van der Waals surface area contributed by atoms with Crippen molar-refractivity contribution in [2.24, 2.45) is 0 Å². The number of nitrogens with one attached hydrogen (secondary N) is 3. The molecule has 0 heterocycles. The summed E-state index contributed by atoms with van der Waals surface area (Å²) in [6.07, 6.45) is 0.0368. The number of halogens is 1. The lowest BCUT2D eigenvalue weighted by Crippen LogP contribution is -2.34. The molecule has 2 aromatic carbocycles. The van der Waals surface area contributed by atoms with E-state index in [4.69, 9.17) is 17.0 Å². The summed E-state index contributed by atoms with van der Waals surface area (Å²) < 4.78 is 6.32. The minimum Gasteiger partial charge on any atom is -0.490 e. The Kier molecular flexibility index (Phi) is 7.32. The van der Waals surface area contributed by atoms with Gasteiger partial charge in [-0.25, -0.2) is 0 Å². The first-order valence-electron chi connectivity index (χ1n) is 8.21. The predicted molar refractivity (Wildman–Crippen MR) is 114 cm³/mol. The number of anilines is 2. The second-order valence-electron chi connectivity index (χ2n) is 5.98. The fraction of sp³-hybridized carbons (Fsp3) is 0.211. The maximum atomic E-state index is 12.4. The first kappa shape index (κ1) is 20.9. The van der Waals surface area contributed by atoms with Crippen LogP contribution in [0.5, 0.6) is 5.75 Å². The van der Waals surface area contributed by atoms with Crippen LogP contribution in [0.1, 0.15) is 31.1 Å². The van der Waals surface area contributed by atoms with Crippen LogP contribution in [-0.2, 0) is 4.79 Å². The minimum atomic E-state index is -0.334. The minimum absolute atomic E-state index is 0.0368. The average molecular weight is 450 g/mol. The molecule has 0 radical (unpaired) electrons. The van der Waals surface area contributed by atoms with Gasteiger partial charge in [0.25, 0.3) is 5.91 Å². The Labute approximate surface area is 171 Å². The topological polar surface area (TPSA) is 79.5 Å². The molecule has 0 aliphatic rings. The van der Waals surface area contributed by atoms with Gasteiger partial charge in [-0.1, -0.05) is 0 Å². The van der Waals surface area contributed by atoms with Crippen LogP contribution in [0.3, 0.4) is 0 Å². The van der Waals surface area contributed by atoms with Crippen molar-refractivity contribution in [3.8, 4) is 5.75 Å². The van der Waals surface area contributed by atoms with Crippen LogP contribution in [0.25, 0.3) is 0 Å². The first-order valence-corrected chi connectivity index (χ1v) is 9.41. The van der Waals surface area contributed by atoms with E-state index in [2.05, 4.69) is 31.9 Å². The van der Waals surface area contributed by atoms with Crippen molar-refractivity contribution in [1.29, 1.82) is 0 Å². The Balaban J connectivity index is 1.96. The molecule has 2 aromatic rings. The van der Waals surface area contributed by atoms with Crippen molar-refractivity contribution in [3.05, 3.63) is 52.5 Å². The molecular weight excluding hydrogens is 430 g/mol. The van der Waals surface area contributed by atoms with Crippen molar-refractivity contribution in [2.45, 2.75) is 26.9 Å². The van der Waals surface area contributed by atoms with E-state index < -0.39 is 0 Å². The molecule has 142 valence electrons. The highest BCUT2D eigenvalue weighted by Crippen LogP contribution is 2.27. The number of hydrogen-bond donors (Lipinski definition) is 3. The fourth-order valence-corrected chi connectivity index (χ4v) is 2.85. The lowest BCUT2D eigenvalue weighted by Gasteiger charge is -2.13. The highest BCUT2D eigenvalue weighted by atomic mass is 79.9. The van der Waals surface area contributed by atoms with E-state index in [-0.39, 0.29) is 23.0 Å². The zero-order chi connectivity index (χ0) is 20.0. The van der Waals surface area contributed by atoms with E-state index in [1.54, 1.807) is 42.5 Å². The van der Waals surface area contributed by atoms with Gasteiger partial charge >= 0.3 is 0 Å². The molecular formula is C19H20BrN3O3S. The second-order valence-corrected chi connectivity index (χ2v) is 7.24. The molecule has 0 saturated carbocycles. The summed E-state index contributed by atoms with van der Waals surface area (Å²) in [7, 11) is 0. The van der Waals surface area contributed by atoms with Gasteiger partial charge in [0, 0.05) is 23.9 Å². The summed E-state index contributed by atoms with van der Waals surface area (Å²) in [6.45, 7) is 5.30. The van der Waals surface area contributed by atoms with Crippen LogP contribution in [-0.4, -0.2) is 23.0 Å². The van der Waals surface area contributed by atoms with Crippen LogP contribution in [0, 0.1) is 0 Å². The number of carbonyl (C=O) groups excluding carboxylic acids is 2. The largest absolute Gasteiger partial charge is 0.490 e. The molecule has 0 aromatic heterocycles. The number of ether oxygens (including phenoxy) is 1. The van der Waals surface area contributed by atoms with Gasteiger partial charge in [0.1, 0.15) is 5.75 Å². The Morgan fingerprint density at radius 2 is 1.63 bits per heavy atom. The van der Waals surface area contributed by atoms with Gasteiger partial charge in [-0.05, 0) is 84.5 Å². The van der Waals surface area contributed by atoms with Crippen molar-refractivity contribution in [1.82, 2.24) is 5.32 Å². The summed E-state index contributed by atoms with van der Waals surface area (Å²) in [6, 6.07) is 12.0. The number of amides is 2. The van der Waals surface area contributed by atoms with Crippen molar-refractivity contribution in [3.63, 3.8) is 0 Å². The molecule has 0 aliphatic heterocycles. The molecule has 0 saturated heterocycles. The summed E-state index contributed by atoms with van der Waals surface area (Å²) in [5, 5.41) is 8.40. The number of hydrogen-bond acceptors (Lipinski definition) is 4. The maximum absolute atomic E-state index is 12.4. The molecule has 0 fully saturated rings. The quantitative estimate of drug-likeness (QED) is 0.592. The standard InChI is InChI=1S/C19H20BrN3O3S/c1-11(2)26-17-9-4-13(10-16(17)20)18(25)23-19(27)22-15-7-5-14(6-8-15)21-12(3)24/h4-11H,1-3H3,(H,21,24)(H2,22,23,25,27). The maximum Gasteiger partial charge on any atom is 0.257 e. The molecule has 2 amide bonds. The molecule has 0 unspecified atom stereocenters. The van der Waals surface area contributed by atoms with Crippen molar-refractivity contribution in [2.75, 3.05) is 10.6 Å². The van der Waals surface area contributed by atoms with Crippen molar-refractivity contribution < 1.29 is 14.3 Å². The Hall–Kier alpha value is -2.45. The van der Waals surface area contributed by atoms with Gasteiger partial charge in [-0.2, -0.15) is 0 Å². The lowest BCUT2D eigenvalue weighted by atomic mass is 10.2. The highest BCUT2D eigenvalue weighted by molar-refractivity contribution is 9.10. The van der Waals surface area contributed by atoms with E-state index >= 15 is 0 Å². The van der Waals surface area contributed by atoms with E-state index in [0.29, 0.717) is 27.2 Å². The summed E-state index contributed by atoms with van der Waals surface area (Å²) >= 11 is 8.59. The predicted octanol–water partition coefficient (Wildman–Crippen LogP) is 4.32. The molecule has 0 aliphatic carbocycles. The van der Waals surface area contributed by atoms with Crippen LogP contribution >= 0.6 is 28.1 Å².